The normalized spacial score (nSPS) is 26.2. The van der Waals surface area contributed by atoms with Crippen LogP contribution in [-0.2, 0) is 19.9 Å². The smallest absolute Gasteiger partial charge is 0.223 e. The van der Waals surface area contributed by atoms with E-state index >= 15 is 0 Å². The predicted molar refractivity (Wildman–Crippen MR) is 104 cm³/mol. The number of rotatable bonds is 4. The first kappa shape index (κ1) is 18.9. The van der Waals surface area contributed by atoms with Gasteiger partial charge in [-0.3, -0.25) is 0 Å². The molecule has 0 saturated carbocycles. The first-order chi connectivity index (χ1) is 12.8. The van der Waals surface area contributed by atoms with Crippen molar-refractivity contribution in [1.82, 2.24) is 4.31 Å². The third-order valence-electron chi connectivity index (χ3n) is 5.52. The zero-order valence-electron chi connectivity index (χ0n) is 14.5. The van der Waals surface area contributed by atoms with Crippen LogP contribution in [-0.4, -0.2) is 38.5 Å². The van der Waals surface area contributed by atoms with Crippen LogP contribution in [0.1, 0.15) is 25.7 Å². The maximum Gasteiger partial charge on any atom is 0.243 e. The maximum atomic E-state index is 13.1. The van der Waals surface area contributed by atoms with E-state index in [1.54, 1.807) is 42.5 Å². The molecule has 27 heavy (non-hydrogen) atoms. The van der Waals surface area contributed by atoms with Gasteiger partial charge in [-0.1, -0.05) is 29.8 Å². The van der Waals surface area contributed by atoms with E-state index in [1.807, 2.05) is 0 Å². The second-order valence-electron chi connectivity index (χ2n) is 7.13. The summed E-state index contributed by atoms with van der Waals surface area (Å²) in [5, 5.41) is -0.0707. The molecule has 2 unspecified atom stereocenters. The van der Waals surface area contributed by atoms with Crippen molar-refractivity contribution in [3.05, 3.63) is 59.6 Å². The molecule has 0 radical (unpaired) electrons. The molecule has 5 nitrogen and oxygen atoms in total. The summed E-state index contributed by atoms with van der Waals surface area (Å²) in [4.78, 5) is 0.511. The van der Waals surface area contributed by atoms with E-state index < -0.39 is 25.1 Å². The second-order valence-corrected chi connectivity index (χ2v) is 11.6. The Kier molecular flexibility index (Phi) is 4.83. The third kappa shape index (κ3) is 3.31. The fourth-order valence-corrected chi connectivity index (χ4v) is 8.15. The number of nitrogens with zero attached hydrogens (tertiary/aromatic N) is 1. The van der Waals surface area contributed by atoms with Gasteiger partial charge in [0.1, 0.15) is 0 Å². The van der Waals surface area contributed by atoms with Crippen LogP contribution in [0, 0.1) is 0 Å². The molecule has 2 aromatic carbocycles. The molecular weight excluding hydrogens is 406 g/mol. The van der Waals surface area contributed by atoms with Crippen molar-refractivity contribution in [2.24, 2.45) is 0 Å². The summed E-state index contributed by atoms with van der Waals surface area (Å²) in [6.07, 6.45) is 2.05. The highest BCUT2D eigenvalue weighted by molar-refractivity contribution is 7.92. The Morgan fingerprint density at radius 2 is 1.33 bits per heavy atom. The number of benzene rings is 2. The van der Waals surface area contributed by atoms with Gasteiger partial charge in [-0.15, -0.1) is 0 Å². The Morgan fingerprint density at radius 3 is 1.89 bits per heavy atom. The molecule has 2 fully saturated rings. The van der Waals surface area contributed by atoms with Crippen molar-refractivity contribution in [1.29, 1.82) is 0 Å². The van der Waals surface area contributed by atoms with Crippen LogP contribution in [0.5, 0.6) is 0 Å². The summed E-state index contributed by atoms with van der Waals surface area (Å²) >= 11 is 5.87. The van der Waals surface area contributed by atoms with Crippen LogP contribution in [0.3, 0.4) is 0 Å². The summed E-state index contributed by atoms with van der Waals surface area (Å²) in [6.45, 7) is 0. The molecule has 2 aromatic rings. The molecule has 8 heteroatoms. The largest absolute Gasteiger partial charge is 0.243 e. The van der Waals surface area contributed by atoms with Crippen molar-refractivity contribution < 1.29 is 16.8 Å². The first-order valence-electron chi connectivity index (χ1n) is 8.88. The van der Waals surface area contributed by atoms with E-state index in [0.29, 0.717) is 35.6 Å². The fourth-order valence-electron chi connectivity index (χ4n) is 4.26. The molecule has 0 spiro atoms. The van der Waals surface area contributed by atoms with Gasteiger partial charge < -0.3 is 0 Å². The lowest BCUT2D eigenvalue weighted by atomic mass is 10.1. The highest BCUT2D eigenvalue weighted by Crippen LogP contribution is 2.42. The fraction of sp³-hybridized carbons (Fsp3) is 0.368. The van der Waals surface area contributed by atoms with Crippen molar-refractivity contribution in [3.63, 3.8) is 0 Å². The minimum atomic E-state index is -3.67. The van der Waals surface area contributed by atoms with Crippen LogP contribution < -0.4 is 0 Å². The summed E-state index contributed by atoms with van der Waals surface area (Å²) in [5.74, 6) is 0. The SMILES string of the molecule is O=S(=O)(c1ccccc1)C1CC2CCC(C1)N2S(=O)(=O)c1ccc(Cl)cc1. The number of sulfone groups is 1. The van der Waals surface area contributed by atoms with Crippen LogP contribution in [0.25, 0.3) is 0 Å². The van der Waals surface area contributed by atoms with Crippen LogP contribution in [0.15, 0.2) is 64.4 Å². The second kappa shape index (κ2) is 6.88. The minimum absolute atomic E-state index is 0.202. The molecular formula is C19H20ClNO4S2. The van der Waals surface area contributed by atoms with Gasteiger partial charge in [0.05, 0.1) is 15.0 Å². The zero-order valence-corrected chi connectivity index (χ0v) is 16.9. The molecule has 0 aromatic heterocycles. The highest BCUT2D eigenvalue weighted by atomic mass is 35.5. The number of piperidine rings is 1. The quantitative estimate of drug-likeness (QED) is 0.751. The summed E-state index contributed by atoms with van der Waals surface area (Å²) in [7, 11) is -7.13. The van der Waals surface area contributed by atoms with Crippen LogP contribution in [0.2, 0.25) is 5.02 Å². The minimum Gasteiger partial charge on any atom is -0.223 e. The Hall–Kier alpha value is -1.41. The molecule has 2 aliphatic heterocycles. The summed E-state index contributed by atoms with van der Waals surface area (Å²) < 4.78 is 53.7. The molecule has 0 amide bonds. The van der Waals surface area contributed by atoms with E-state index in [4.69, 9.17) is 11.6 Å². The van der Waals surface area contributed by atoms with Crippen molar-refractivity contribution in [2.45, 2.75) is 52.8 Å². The average molecular weight is 426 g/mol. The van der Waals surface area contributed by atoms with Gasteiger partial charge in [0, 0.05) is 17.1 Å². The highest BCUT2D eigenvalue weighted by Gasteiger charge is 2.50. The molecule has 2 aliphatic rings. The molecule has 0 aliphatic carbocycles. The Bertz CT molecular complexity index is 1020. The Morgan fingerprint density at radius 1 is 0.778 bits per heavy atom. The van der Waals surface area contributed by atoms with Gasteiger partial charge in [-0.2, -0.15) is 4.31 Å². The molecule has 2 heterocycles. The summed E-state index contributed by atoms with van der Waals surface area (Å²) in [5.41, 5.74) is 0. The summed E-state index contributed by atoms with van der Waals surface area (Å²) in [6, 6.07) is 14.0. The van der Waals surface area contributed by atoms with E-state index in [-0.39, 0.29) is 17.0 Å². The number of halogens is 1. The van der Waals surface area contributed by atoms with Gasteiger partial charge in [-0.05, 0) is 62.1 Å². The first-order valence-corrected chi connectivity index (χ1v) is 12.2. The molecule has 0 N–H and O–H groups in total. The van der Waals surface area contributed by atoms with E-state index in [2.05, 4.69) is 0 Å². The van der Waals surface area contributed by atoms with Gasteiger partial charge in [0.15, 0.2) is 9.84 Å². The van der Waals surface area contributed by atoms with Crippen molar-refractivity contribution in [2.75, 3.05) is 0 Å². The number of hydrogen-bond donors (Lipinski definition) is 0. The lowest BCUT2D eigenvalue weighted by molar-refractivity contribution is 0.249. The molecule has 4 rings (SSSR count). The predicted octanol–water partition coefficient (Wildman–Crippen LogP) is 3.50. The Labute approximate surface area is 164 Å². The van der Waals surface area contributed by atoms with Gasteiger partial charge >= 0.3 is 0 Å². The molecule has 2 bridgehead atoms. The van der Waals surface area contributed by atoms with E-state index in [9.17, 15) is 16.8 Å². The standard InChI is InChI=1S/C19H20ClNO4S2/c20-14-6-10-18(11-7-14)27(24,25)21-15-8-9-16(21)13-19(12-15)26(22,23)17-4-2-1-3-5-17/h1-7,10-11,15-16,19H,8-9,12-13H2. The van der Waals surface area contributed by atoms with Crippen molar-refractivity contribution in [3.8, 4) is 0 Å². The van der Waals surface area contributed by atoms with E-state index in [0.717, 1.165) is 0 Å². The van der Waals surface area contributed by atoms with Crippen LogP contribution >= 0.6 is 11.6 Å². The monoisotopic (exact) mass is 425 g/mol. The van der Waals surface area contributed by atoms with Gasteiger partial charge in [0.25, 0.3) is 0 Å². The number of sulfonamides is 1. The third-order valence-corrected chi connectivity index (χ3v) is 9.99. The lowest BCUT2D eigenvalue weighted by Crippen LogP contribution is -2.49. The average Bonchev–Trinajstić information content (AvgIpc) is 2.94. The van der Waals surface area contributed by atoms with E-state index in [1.165, 1.54) is 16.4 Å². The topological polar surface area (TPSA) is 71.5 Å². The maximum absolute atomic E-state index is 13.1. The lowest BCUT2D eigenvalue weighted by Gasteiger charge is -2.37. The zero-order chi connectivity index (χ0) is 19.2. The Balaban J connectivity index is 1.62. The molecule has 2 saturated heterocycles. The molecule has 144 valence electrons. The van der Waals surface area contributed by atoms with Gasteiger partial charge in [0.2, 0.25) is 10.0 Å². The van der Waals surface area contributed by atoms with Crippen molar-refractivity contribution >= 4 is 31.5 Å². The number of hydrogen-bond acceptors (Lipinski definition) is 4. The molecule has 2 atom stereocenters. The van der Waals surface area contributed by atoms with Crippen LogP contribution in [0.4, 0.5) is 0 Å². The van der Waals surface area contributed by atoms with Gasteiger partial charge in [-0.25, -0.2) is 16.8 Å². The number of fused-ring (bicyclic) bond motifs is 2.